The number of nitrogens with one attached hydrogen (secondary N) is 1. The summed E-state index contributed by atoms with van der Waals surface area (Å²) in [5, 5.41) is 3.66. The van der Waals surface area contributed by atoms with Gasteiger partial charge in [0.15, 0.2) is 0 Å². The molecule has 0 fully saturated rings. The van der Waals surface area contributed by atoms with Crippen molar-refractivity contribution < 1.29 is 4.74 Å². The topological polar surface area (TPSA) is 21.3 Å². The third-order valence-corrected chi connectivity index (χ3v) is 3.58. The Morgan fingerprint density at radius 2 is 1.94 bits per heavy atom. The number of methoxy groups -OCH3 is 1. The molecule has 18 heavy (non-hydrogen) atoms. The summed E-state index contributed by atoms with van der Waals surface area (Å²) >= 11 is 0. The van der Waals surface area contributed by atoms with E-state index in [1.165, 1.54) is 18.4 Å². The second-order valence-corrected chi connectivity index (χ2v) is 5.32. The Hall–Kier alpha value is -1.02. The van der Waals surface area contributed by atoms with E-state index in [9.17, 15) is 0 Å². The molecule has 0 aromatic heterocycles. The van der Waals surface area contributed by atoms with Crippen LogP contribution >= 0.6 is 0 Å². The Bertz CT molecular complexity index is 351. The summed E-state index contributed by atoms with van der Waals surface area (Å²) in [6.45, 7) is 9.04. The van der Waals surface area contributed by atoms with Crippen LogP contribution in [0.5, 0.6) is 5.75 Å². The van der Waals surface area contributed by atoms with Gasteiger partial charge in [0.1, 0.15) is 5.75 Å². The van der Waals surface area contributed by atoms with E-state index in [4.69, 9.17) is 4.74 Å². The molecule has 1 N–H and O–H groups in total. The first kappa shape index (κ1) is 15.0. The van der Waals surface area contributed by atoms with Crippen LogP contribution in [0, 0.1) is 5.92 Å². The van der Waals surface area contributed by atoms with Gasteiger partial charge in [-0.15, -0.1) is 0 Å². The molecular weight excluding hydrogens is 222 g/mol. The van der Waals surface area contributed by atoms with Crippen LogP contribution in [0.4, 0.5) is 0 Å². The fourth-order valence-corrected chi connectivity index (χ4v) is 2.27. The number of rotatable bonds is 7. The maximum atomic E-state index is 5.26. The molecule has 1 aromatic carbocycles. The second kappa shape index (κ2) is 7.42. The van der Waals surface area contributed by atoms with E-state index < -0.39 is 0 Å². The highest BCUT2D eigenvalue weighted by Crippen LogP contribution is 2.20. The SMILES string of the molecule is CCC(C)CC(C)NC(C)c1cccc(OC)c1. The first-order valence-electron chi connectivity index (χ1n) is 6.96. The van der Waals surface area contributed by atoms with Gasteiger partial charge in [-0.3, -0.25) is 0 Å². The lowest BCUT2D eigenvalue weighted by Crippen LogP contribution is -2.30. The third kappa shape index (κ3) is 4.69. The lowest BCUT2D eigenvalue weighted by atomic mass is 9.99. The molecule has 0 heterocycles. The molecule has 0 spiro atoms. The molecule has 0 aliphatic heterocycles. The van der Waals surface area contributed by atoms with Crippen LogP contribution in [0.1, 0.15) is 52.1 Å². The molecular formula is C16H27NO. The quantitative estimate of drug-likeness (QED) is 0.783. The van der Waals surface area contributed by atoms with E-state index in [-0.39, 0.29) is 0 Å². The average Bonchev–Trinajstić information content (AvgIpc) is 2.38. The van der Waals surface area contributed by atoms with E-state index >= 15 is 0 Å². The molecule has 1 aromatic rings. The minimum atomic E-state index is 0.360. The molecule has 0 radical (unpaired) electrons. The fourth-order valence-electron chi connectivity index (χ4n) is 2.27. The zero-order valence-electron chi connectivity index (χ0n) is 12.4. The van der Waals surface area contributed by atoms with Crippen molar-refractivity contribution >= 4 is 0 Å². The van der Waals surface area contributed by atoms with Crippen molar-refractivity contribution in [2.24, 2.45) is 5.92 Å². The Kier molecular flexibility index (Phi) is 6.20. The summed E-state index contributed by atoms with van der Waals surface area (Å²) in [4.78, 5) is 0. The van der Waals surface area contributed by atoms with E-state index in [0.717, 1.165) is 11.7 Å². The smallest absolute Gasteiger partial charge is 0.119 e. The van der Waals surface area contributed by atoms with Gasteiger partial charge < -0.3 is 10.1 Å². The van der Waals surface area contributed by atoms with Crippen molar-refractivity contribution in [1.82, 2.24) is 5.32 Å². The van der Waals surface area contributed by atoms with Crippen molar-refractivity contribution in [3.63, 3.8) is 0 Å². The number of hydrogen-bond donors (Lipinski definition) is 1. The Labute approximate surface area is 112 Å². The Morgan fingerprint density at radius 1 is 1.22 bits per heavy atom. The van der Waals surface area contributed by atoms with Gasteiger partial charge in [-0.1, -0.05) is 32.4 Å². The Morgan fingerprint density at radius 3 is 2.56 bits per heavy atom. The number of benzene rings is 1. The van der Waals surface area contributed by atoms with Crippen LogP contribution in [0.2, 0.25) is 0 Å². The van der Waals surface area contributed by atoms with Crippen LogP contribution in [0.15, 0.2) is 24.3 Å². The largest absolute Gasteiger partial charge is 0.497 e. The third-order valence-electron chi connectivity index (χ3n) is 3.58. The lowest BCUT2D eigenvalue weighted by Gasteiger charge is -2.23. The van der Waals surface area contributed by atoms with Crippen LogP contribution in [0.3, 0.4) is 0 Å². The van der Waals surface area contributed by atoms with Gasteiger partial charge in [0.05, 0.1) is 7.11 Å². The summed E-state index contributed by atoms with van der Waals surface area (Å²) < 4.78 is 5.26. The molecule has 2 heteroatoms. The highest BCUT2D eigenvalue weighted by atomic mass is 16.5. The molecule has 1 rings (SSSR count). The minimum Gasteiger partial charge on any atom is -0.497 e. The molecule has 3 unspecified atom stereocenters. The predicted molar refractivity (Wildman–Crippen MR) is 78.1 cm³/mol. The van der Waals surface area contributed by atoms with Crippen molar-refractivity contribution in [3.05, 3.63) is 29.8 Å². The van der Waals surface area contributed by atoms with Gasteiger partial charge in [0, 0.05) is 12.1 Å². The molecule has 0 bridgehead atoms. The zero-order chi connectivity index (χ0) is 13.5. The number of hydrogen-bond acceptors (Lipinski definition) is 2. The summed E-state index contributed by atoms with van der Waals surface area (Å²) in [6.07, 6.45) is 2.48. The molecule has 0 aliphatic rings. The maximum Gasteiger partial charge on any atom is 0.119 e. The molecule has 0 saturated carbocycles. The molecule has 0 aliphatic carbocycles. The monoisotopic (exact) mass is 249 g/mol. The average molecular weight is 249 g/mol. The van der Waals surface area contributed by atoms with Gasteiger partial charge in [-0.05, 0) is 43.9 Å². The normalized spacial score (nSPS) is 16.1. The van der Waals surface area contributed by atoms with Gasteiger partial charge in [-0.2, -0.15) is 0 Å². The van der Waals surface area contributed by atoms with Crippen LogP contribution in [-0.2, 0) is 0 Å². The van der Waals surface area contributed by atoms with Gasteiger partial charge in [-0.25, -0.2) is 0 Å². The van der Waals surface area contributed by atoms with Crippen molar-refractivity contribution in [2.75, 3.05) is 7.11 Å². The summed E-state index contributed by atoms with van der Waals surface area (Å²) in [5.74, 6) is 1.71. The van der Waals surface area contributed by atoms with Crippen molar-refractivity contribution in [2.45, 2.75) is 52.6 Å². The van der Waals surface area contributed by atoms with Crippen LogP contribution in [-0.4, -0.2) is 13.2 Å². The van der Waals surface area contributed by atoms with E-state index in [1.54, 1.807) is 7.11 Å². The summed E-state index contributed by atoms with van der Waals surface area (Å²) in [6, 6.07) is 9.19. The van der Waals surface area contributed by atoms with Gasteiger partial charge in [0.2, 0.25) is 0 Å². The summed E-state index contributed by atoms with van der Waals surface area (Å²) in [7, 11) is 1.71. The van der Waals surface area contributed by atoms with Gasteiger partial charge in [0.25, 0.3) is 0 Å². The molecule has 3 atom stereocenters. The van der Waals surface area contributed by atoms with Crippen LogP contribution in [0.25, 0.3) is 0 Å². The molecule has 0 amide bonds. The summed E-state index contributed by atoms with van der Waals surface area (Å²) in [5.41, 5.74) is 1.28. The molecule has 2 nitrogen and oxygen atoms in total. The van der Waals surface area contributed by atoms with Crippen molar-refractivity contribution in [3.8, 4) is 5.75 Å². The zero-order valence-corrected chi connectivity index (χ0v) is 12.4. The van der Waals surface area contributed by atoms with Crippen molar-refractivity contribution in [1.29, 1.82) is 0 Å². The highest BCUT2D eigenvalue weighted by Gasteiger charge is 2.12. The lowest BCUT2D eigenvalue weighted by molar-refractivity contribution is 0.383. The minimum absolute atomic E-state index is 0.360. The molecule has 102 valence electrons. The van der Waals surface area contributed by atoms with E-state index in [0.29, 0.717) is 12.1 Å². The highest BCUT2D eigenvalue weighted by molar-refractivity contribution is 5.30. The van der Waals surface area contributed by atoms with E-state index in [2.05, 4.69) is 45.1 Å². The van der Waals surface area contributed by atoms with E-state index in [1.807, 2.05) is 12.1 Å². The first-order valence-corrected chi connectivity index (χ1v) is 6.96. The Balaban J connectivity index is 2.55. The predicted octanol–water partition coefficient (Wildman–Crippen LogP) is 4.17. The number of ether oxygens (including phenoxy) is 1. The maximum absolute atomic E-state index is 5.26. The first-order chi connectivity index (χ1) is 8.56. The standard InChI is InChI=1S/C16H27NO/c1-6-12(2)10-13(3)17-14(4)15-8-7-9-16(11-15)18-5/h7-9,11-14,17H,6,10H2,1-5H3. The molecule has 0 saturated heterocycles. The van der Waals surface area contributed by atoms with Crippen LogP contribution < -0.4 is 10.1 Å². The fraction of sp³-hybridized carbons (Fsp3) is 0.625. The van der Waals surface area contributed by atoms with Gasteiger partial charge >= 0.3 is 0 Å². The second-order valence-electron chi connectivity index (χ2n) is 5.32.